The zero-order chi connectivity index (χ0) is 27.3. The van der Waals surface area contributed by atoms with Crippen LogP contribution >= 0.6 is 0 Å². The fraction of sp³-hybridized carbons (Fsp3) is 0.742. The van der Waals surface area contributed by atoms with Gasteiger partial charge in [0, 0.05) is 51.6 Å². The summed E-state index contributed by atoms with van der Waals surface area (Å²) < 4.78 is 5.74. The van der Waals surface area contributed by atoms with Crippen LogP contribution in [0.2, 0.25) is 0 Å². The monoisotopic (exact) mass is 526 g/mol. The lowest BCUT2D eigenvalue weighted by Gasteiger charge is -2.30. The lowest BCUT2D eigenvalue weighted by Crippen LogP contribution is -2.44. The van der Waals surface area contributed by atoms with Crippen molar-refractivity contribution in [3.8, 4) is 5.75 Å². The summed E-state index contributed by atoms with van der Waals surface area (Å²) in [5.41, 5.74) is 2.73. The van der Waals surface area contributed by atoms with Crippen LogP contribution in [0, 0.1) is 5.41 Å². The highest BCUT2D eigenvalue weighted by Crippen LogP contribution is 2.37. The van der Waals surface area contributed by atoms with Gasteiger partial charge < -0.3 is 19.4 Å². The number of ether oxygens (including phenoxy) is 1. The highest BCUT2D eigenvalue weighted by atomic mass is 16.5. The lowest BCUT2D eigenvalue weighted by atomic mass is 9.93. The van der Waals surface area contributed by atoms with Crippen molar-refractivity contribution in [2.24, 2.45) is 5.41 Å². The maximum atomic E-state index is 13.6. The van der Waals surface area contributed by atoms with Gasteiger partial charge in [0.2, 0.25) is 11.8 Å². The first kappa shape index (κ1) is 28.9. The van der Waals surface area contributed by atoms with Crippen LogP contribution in [0.15, 0.2) is 18.2 Å². The third kappa shape index (κ3) is 7.50. The topological polar surface area (TPSA) is 56.3 Å². The number of fused-ring (bicyclic) bond motifs is 1. The van der Waals surface area contributed by atoms with Gasteiger partial charge in [-0.2, -0.15) is 0 Å². The molecular formula is C31H50N4O3. The van der Waals surface area contributed by atoms with Crippen molar-refractivity contribution in [1.82, 2.24) is 19.6 Å². The van der Waals surface area contributed by atoms with Gasteiger partial charge in [0.05, 0.1) is 13.2 Å². The van der Waals surface area contributed by atoms with E-state index in [1.165, 1.54) is 11.1 Å². The molecule has 2 fully saturated rings. The Balaban J connectivity index is 1.44. The van der Waals surface area contributed by atoms with E-state index in [0.29, 0.717) is 24.9 Å². The molecule has 3 aliphatic rings. The van der Waals surface area contributed by atoms with E-state index in [4.69, 9.17) is 4.74 Å². The fourth-order valence-corrected chi connectivity index (χ4v) is 6.43. The van der Waals surface area contributed by atoms with Crippen molar-refractivity contribution >= 4 is 11.8 Å². The highest BCUT2D eigenvalue weighted by Gasteiger charge is 2.38. The average molecular weight is 527 g/mol. The molecule has 2 saturated heterocycles. The van der Waals surface area contributed by atoms with Gasteiger partial charge in [-0.1, -0.05) is 39.3 Å². The van der Waals surface area contributed by atoms with Crippen LogP contribution in [-0.2, 0) is 16.0 Å². The van der Waals surface area contributed by atoms with Crippen LogP contribution in [0.5, 0.6) is 5.75 Å². The van der Waals surface area contributed by atoms with Crippen LogP contribution in [0.3, 0.4) is 0 Å². The number of hydrogen-bond acceptors (Lipinski definition) is 5. The number of carbonyl (C=O) groups excluding carboxylic acids is 2. The molecule has 7 nitrogen and oxygen atoms in total. The molecule has 0 spiro atoms. The number of amides is 2. The van der Waals surface area contributed by atoms with E-state index in [1.807, 2.05) is 0 Å². The molecule has 0 N–H and O–H groups in total. The van der Waals surface area contributed by atoms with Gasteiger partial charge in [0.25, 0.3) is 0 Å². The first-order chi connectivity index (χ1) is 18.1. The van der Waals surface area contributed by atoms with Gasteiger partial charge in [-0.05, 0) is 74.8 Å². The quantitative estimate of drug-likeness (QED) is 0.389. The summed E-state index contributed by atoms with van der Waals surface area (Å²) in [4.78, 5) is 35.0. The standard InChI is InChI=1S/C31H50N4O3/c1-6-7-14-33(15-8-13-32(4)5)30(37)22-35-21-26(24-9-10-28-25(18-24)12-17-38-28)19-27(35)11-16-34-23-31(2,3)20-29(34)36/h9-10,18,26-27H,6-8,11-17,19-23H2,1-5H3/t26-,27+/m1/s1. The van der Waals surface area contributed by atoms with Crippen molar-refractivity contribution < 1.29 is 14.3 Å². The predicted octanol–water partition coefficient (Wildman–Crippen LogP) is 4.01. The van der Waals surface area contributed by atoms with E-state index >= 15 is 0 Å². The second kappa shape index (κ2) is 12.8. The Bertz CT molecular complexity index is 962. The number of nitrogens with zero attached hydrogens (tertiary/aromatic N) is 4. The molecule has 0 aliphatic carbocycles. The molecule has 2 atom stereocenters. The number of rotatable bonds is 13. The van der Waals surface area contributed by atoms with E-state index in [1.54, 1.807) is 0 Å². The maximum absolute atomic E-state index is 13.6. The molecule has 1 aromatic rings. The Labute approximate surface area is 230 Å². The molecule has 4 rings (SSSR count). The van der Waals surface area contributed by atoms with Gasteiger partial charge in [-0.15, -0.1) is 0 Å². The second-order valence-corrected chi connectivity index (χ2v) is 12.8. The van der Waals surface area contributed by atoms with Gasteiger partial charge in [0.15, 0.2) is 0 Å². The zero-order valence-electron chi connectivity index (χ0n) is 24.5. The van der Waals surface area contributed by atoms with Gasteiger partial charge >= 0.3 is 0 Å². The van der Waals surface area contributed by atoms with Crippen LogP contribution in [0.1, 0.15) is 76.3 Å². The summed E-state index contributed by atoms with van der Waals surface area (Å²) in [5, 5.41) is 0. The Kier molecular flexibility index (Phi) is 9.74. The molecular weight excluding hydrogens is 476 g/mol. The molecule has 0 aromatic heterocycles. The first-order valence-electron chi connectivity index (χ1n) is 14.8. The van der Waals surface area contributed by atoms with Crippen LogP contribution in [0.4, 0.5) is 0 Å². The number of likely N-dealkylation sites (tertiary alicyclic amines) is 2. The summed E-state index contributed by atoms with van der Waals surface area (Å²) >= 11 is 0. The minimum Gasteiger partial charge on any atom is -0.493 e. The van der Waals surface area contributed by atoms with E-state index < -0.39 is 0 Å². The number of carbonyl (C=O) groups is 2. The Hall–Kier alpha value is -2.12. The van der Waals surface area contributed by atoms with E-state index in [9.17, 15) is 9.59 Å². The molecule has 3 aliphatic heterocycles. The fourth-order valence-electron chi connectivity index (χ4n) is 6.43. The van der Waals surface area contributed by atoms with Crippen LogP contribution in [-0.4, -0.2) is 104 Å². The second-order valence-electron chi connectivity index (χ2n) is 12.8. The normalized spacial score (nSPS) is 22.8. The van der Waals surface area contributed by atoms with E-state index in [0.717, 1.165) is 90.1 Å². The molecule has 3 heterocycles. The van der Waals surface area contributed by atoms with E-state index in [-0.39, 0.29) is 17.2 Å². The lowest BCUT2D eigenvalue weighted by molar-refractivity contribution is -0.133. The van der Waals surface area contributed by atoms with Gasteiger partial charge in [-0.3, -0.25) is 14.5 Å². The largest absolute Gasteiger partial charge is 0.493 e. The Morgan fingerprint density at radius 3 is 2.66 bits per heavy atom. The summed E-state index contributed by atoms with van der Waals surface area (Å²) in [6.07, 6.45) is 6.71. The van der Waals surface area contributed by atoms with Gasteiger partial charge in [0.1, 0.15) is 5.75 Å². The number of benzene rings is 1. The summed E-state index contributed by atoms with van der Waals surface area (Å²) in [5.74, 6) is 1.96. The summed E-state index contributed by atoms with van der Waals surface area (Å²) in [6.45, 7) is 13.0. The minimum atomic E-state index is 0.0593. The third-order valence-corrected chi connectivity index (χ3v) is 8.55. The molecule has 38 heavy (non-hydrogen) atoms. The van der Waals surface area contributed by atoms with Crippen molar-refractivity contribution in [2.75, 3.05) is 66.5 Å². The van der Waals surface area contributed by atoms with Crippen LogP contribution < -0.4 is 4.74 Å². The Morgan fingerprint density at radius 2 is 1.95 bits per heavy atom. The molecule has 0 radical (unpaired) electrons. The molecule has 0 bridgehead atoms. The SMILES string of the molecule is CCCCN(CCCN(C)C)C(=O)CN1C[C@H](c2ccc3c(c2)CCO3)C[C@@H]1CCN1CC(C)(C)CC1=O. The predicted molar refractivity (Wildman–Crippen MR) is 153 cm³/mol. The van der Waals surface area contributed by atoms with E-state index in [2.05, 4.69) is 72.7 Å². The van der Waals surface area contributed by atoms with Crippen molar-refractivity contribution in [3.63, 3.8) is 0 Å². The number of hydrogen-bond donors (Lipinski definition) is 0. The molecule has 7 heteroatoms. The molecule has 2 amide bonds. The third-order valence-electron chi connectivity index (χ3n) is 8.55. The highest BCUT2D eigenvalue weighted by molar-refractivity contribution is 5.79. The zero-order valence-corrected chi connectivity index (χ0v) is 24.5. The minimum absolute atomic E-state index is 0.0593. The Morgan fingerprint density at radius 1 is 1.16 bits per heavy atom. The maximum Gasteiger partial charge on any atom is 0.236 e. The number of unbranched alkanes of at least 4 members (excludes halogenated alkanes) is 1. The van der Waals surface area contributed by atoms with Crippen molar-refractivity contribution in [3.05, 3.63) is 29.3 Å². The smallest absolute Gasteiger partial charge is 0.236 e. The van der Waals surface area contributed by atoms with Crippen LogP contribution in [0.25, 0.3) is 0 Å². The first-order valence-corrected chi connectivity index (χ1v) is 14.8. The van der Waals surface area contributed by atoms with Crippen molar-refractivity contribution in [1.29, 1.82) is 0 Å². The van der Waals surface area contributed by atoms with Gasteiger partial charge in [-0.25, -0.2) is 0 Å². The summed E-state index contributed by atoms with van der Waals surface area (Å²) in [7, 11) is 4.18. The summed E-state index contributed by atoms with van der Waals surface area (Å²) in [6, 6.07) is 6.98. The van der Waals surface area contributed by atoms with Crippen molar-refractivity contribution in [2.45, 2.75) is 77.7 Å². The molecule has 0 unspecified atom stereocenters. The average Bonchev–Trinajstić information content (AvgIpc) is 3.55. The molecule has 212 valence electrons. The molecule has 1 aromatic carbocycles. The molecule has 0 saturated carbocycles.